The molecule has 0 spiro atoms. The molecule has 0 heterocycles. The van der Waals surface area contributed by atoms with Crippen LogP contribution in [0, 0.1) is 0 Å². The molecule has 0 bridgehead atoms. The fourth-order valence-electron chi connectivity index (χ4n) is 4.96. The van der Waals surface area contributed by atoms with Gasteiger partial charge >= 0.3 is 19.8 Å². The lowest BCUT2D eigenvalue weighted by atomic mass is 10.1. The largest absolute Gasteiger partial charge is 0.472 e. The molecule has 0 saturated carbocycles. The summed E-state index contributed by atoms with van der Waals surface area (Å²) in [6.45, 7) is 3.81. The quantitative estimate of drug-likeness (QED) is 0.0309. The van der Waals surface area contributed by atoms with E-state index in [1.54, 1.807) is 0 Å². The Bertz CT molecular complexity index is 870. The molecule has 0 aliphatic carbocycles. The van der Waals surface area contributed by atoms with E-state index in [4.69, 9.17) is 14.0 Å². The number of carbonyl (C=O) groups excluding carboxylic acids is 2. The van der Waals surface area contributed by atoms with Gasteiger partial charge < -0.3 is 14.4 Å². The molecule has 0 rings (SSSR count). The number of esters is 2. The minimum Gasteiger partial charge on any atom is -0.462 e. The van der Waals surface area contributed by atoms with E-state index in [1.807, 2.05) is 0 Å². The van der Waals surface area contributed by atoms with E-state index in [1.165, 1.54) is 70.6 Å². The van der Waals surface area contributed by atoms with Crippen LogP contribution in [0.2, 0.25) is 0 Å². The normalized spacial score (nSPS) is 13.9. The fraction of sp³-hybridized carbons (Fsp3) is 0.789. The van der Waals surface area contributed by atoms with Crippen LogP contribution in [0.1, 0.15) is 168 Å². The molecule has 274 valence electrons. The fourth-order valence-corrected chi connectivity index (χ4v) is 5.42. The monoisotopic (exact) mass is 684 g/mol. The number of phosphoric ester groups is 1. The zero-order valence-electron chi connectivity index (χ0n) is 30.2. The van der Waals surface area contributed by atoms with Crippen molar-refractivity contribution in [3.05, 3.63) is 36.5 Å². The van der Waals surface area contributed by atoms with Crippen LogP contribution >= 0.6 is 7.82 Å². The molecule has 0 amide bonds. The van der Waals surface area contributed by atoms with Crippen LogP contribution in [0.25, 0.3) is 0 Å². The van der Waals surface area contributed by atoms with Crippen LogP contribution in [-0.2, 0) is 32.7 Å². The van der Waals surface area contributed by atoms with E-state index in [0.717, 1.165) is 71.3 Å². The number of phosphoric acid groups is 1. The first kappa shape index (κ1) is 45.3. The van der Waals surface area contributed by atoms with Gasteiger partial charge in [-0.1, -0.05) is 140 Å². The number of carbonyl (C=O) groups is 2. The van der Waals surface area contributed by atoms with Crippen molar-refractivity contribution >= 4 is 19.8 Å². The molecular weight excluding hydrogens is 615 g/mol. The van der Waals surface area contributed by atoms with Crippen LogP contribution in [0.15, 0.2) is 36.5 Å². The third-order valence-corrected chi connectivity index (χ3v) is 8.82. The Morgan fingerprint density at radius 3 is 1.55 bits per heavy atom. The molecule has 0 aromatic rings. The predicted octanol–water partition coefficient (Wildman–Crippen LogP) is 11.3. The summed E-state index contributed by atoms with van der Waals surface area (Å²) in [5, 5.41) is 0. The molecule has 0 fully saturated rings. The van der Waals surface area contributed by atoms with Gasteiger partial charge in [0.05, 0.1) is 6.61 Å². The molecule has 8 nitrogen and oxygen atoms in total. The minimum atomic E-state index is -4.25. The highest BCUT2D eigenvalue weighted by Gasteiger charge is 2.24. The molecule has 0 aromatic carbocycles. The van der Waals surface area contributed by atoms with Crippen LogP contribution < -0.4 is 0 Å². The van der Waals surface area contributed by atoms with Crippen molar-refractivity contribution in [1.82, 2.24) is 0 Å². The summed E-state index contributed by atoms with van der Waals surface area (Å²) in [5.41, 5.74) is 0. The van der Waals surface area contributed by atoms with Gasteiger partial charge in [-0.3, -0.25) is 18.6 Å². The Morgan fingerprint density at radius 2 is 1.02 bits per heavy atom. The van der Waals surface area contributed by atoms with Crippen molar-refractivity contribution in [2.24, 2.45) is 0 Å². The van der Waals surface area contributed by atoms with Crippen molar-refractivity contribution < 1.29 is 37.6 Å². The van der Waals surface area contributed by atoms with Crippen LogP contribution in [-0.4, -0.2) is 43.3 Å². The van der Waals surface area contributed by atoms with E-state index in [9.17, 15) is 19.0 Å². The Balaban J connectivity index is 4.06. The number of hydrogen-bond acceptors (Lipinski definition) is 7. The summed E-state index contributed by atoms with van der Waals surface area (Å²) in [6, 6.07) is 0. The number of ether oxygens (including phenoxy) is 2. The highest BCUT2D eigenvalue weighted by atomic mass is 31.2. The average Bonchev–Trinajstić information content (AvgIpc) is 3.06. The smallest absolute Gasteiger partial charge is 0.462 e. The molecule has 2 unspecified atom stereocenters. The third kappa shape index (κ3) is 33.9. The van der Waals surface area contributed by atoms with E-state index in [0.29, 0.717) is 12.8 Å². The van der Waals surface area contributed by atoms with Gasteiger partial charge in [0.1, 0.15) is 6.61 Å². The maximum absolute atomic E-state index is 12.4. The maximum Gasteiger partial charge on any atom is 0.472 e. The van der Waals surface area contributed by atoms with Gasteiger partial charge in [-0.25, -0.2) is 4.57 Å². The maximum atomic E-state index is 12.4. The lowest BCUT2D eigenvalue weighted by Crippen LogP contribution is -2.29. The van der Waals surface area contributed by atoms with Crippen molar-refractivity contribution in [3.8, 4) is 0 Å². The van der Waals surface area contributed by atoms with Gasteiger partial charge in [0, 0.05) is 20.0 Å². The average molecular weight is 685 g/mol. The molecule has 1 N–H and O–H groups in total. The first-order chi connectivity index (χ1) is 22.8. The molecule has 0 aliphatic heterocycles. The van der Waals surface area contributed by atoms with Crippen molar-refractivity contribution in [2.75, 3.05) is 20.3 Å². The second-order valence-corrected chi connectivity index (χ2v) is 13.9. The minimum absolute atomic E-state index is 0.229. The summed E-state index contributed by atoms with van der Waals surface area (Å²) in [6.07, 6.45) is 37.7. The van der Waals surface area contributed by atoms with E-state index in [2.05, 4.69) is 54.8 Å². The summed E-state index contributed by atoms with van der Waals surface area (Å²) in [4.78, 5) is 34.2. The number of unbranched alkanes of at least 4 members (excludes halogenated alkanes) is 17. The van der Waals surface area contributed by atoms with Gasteiger partial charge in [0.15, 0.2) is 6.10 Å². The SMILES string of the molecule is CCCCC/C=C\C/C=C\C/C=C\CCCCCCCCC(=O)OC(COC(=O)CCCCCCCCCCC)COP(=O)(O)OC. The van der Waals surface area contributed by atoms with Crippen LogP contribution in [0.5, 0.6) is 0 Å². The zero-order chi connectivity index (χ0) is 34.7. The van der Waals surface area contributed by atoms with Gasteiger partial charge in [0.25, 0.3) is 0 Å². The molecule has 2 atom stereocenters. The van der Waals surface area contributed by atoms with Gasteiger partial charge in [-0.2, -0.15) is 0 Å². The van der Waals surface area contributed by atoms with Crippen LogP contribution in [0.4, 0.5) is 0 Å². The van der Waals surface area contributed by atoms with Gasteiger partial charge in [-0.15, -0.1) is 0 Å². The van der Waals surface area contributed by atoms with E-state index < -0.39 is 26.5 Å². The lowest BCUT2D eigenvalue weighted by Gasteiger charge is -2.19. The van der Waals surface area contributed by atoms with Crippen LogP contribution in [0.3, 0.4) is 0 Å². The van der Waals surface area contributed by atoms with Crippen molar-refractivity contribution in [2.45, 2.75) is 174 Å². The van der Waals surface area contributed by atoms with Gasteiger partial charge in [-0.05, 0) is 51.4 Å². The summed E-state index contributed by atoms with van der Waals surface area (Å²) >= 11 is 0. The first-order valence-electron chi connectivity index (χ1n) is 18.7. The Hall–Kier alpha value is -1.73. The summed E-state index contributed by atoms with van der Waals surface area (Å²) in [5.74, 6) is -0.822. The highest BCUT2D eigenvalue weighted by Crippen LogP contribution is 2.42. The molecular formula is C38H69O8P. The second kappa shape index (κ2) is 34.1. The molecule has 0 aliphatic rings. The van der Waals surface area contributed by atoms with E-state index in [-0.39, 0.29) is 19.0 Å². The summed E-state index contributed by atoms with van der Waals surface area (Å²) in [7, 11) is -3.20. The first-order valence-corrected chi connectivity index (χ1v) is 20.2. The molecule has 0 aromatic heterocycles. The number of rotatable bonds is 34. The topological polar surface area (TPSA) is 108 Å². The van der Waals surface area contributed by atoms with Gasteiger partial charge in [0.2, 0.25) is 0 Å². The Morgan fingerprint density at radius 1 is 0.596 bits per heavy atom. The lowest BCUT2D eigenvalue weighted by molar-refractivity contribution is -0.161. The number of allylic oxidation sites excluding steroid dienone is 6. The molecule has 0 saturated heterocycles. The Kier molecular flexibility index (Phi) is 32.9. The zero-order valence-corrected chi connectivity index (χ0v) is 31.1. The third-order valence-electron chi connectivity index (χ3n) is 7.89. The highest BCUT2D eigenvalue weighted by molar-refractivity contribution is 7.47. The molecule has 0 radical (unpaired) electrons. The van der Waals surface area contributed by atoms with Crippen molar-refractivity contribution in [3.63, 3.8) is 0 Å². The second-order valence-electron chi connectivity index (χ2n) is 12.4. The number of hydrogen-bond donors (Lipinski definition) is 1. The molecule has 9 heteroatoms. The standard InChI is InChI=1S/C38H69O8P/c1-4-6-8-10-12-14-15-16-17-18-19-20-21-22-23-25-27-29-31-33-38(40)46-36(35-45-47(41,42)43-3)34-44-37(39)32-30-28-26-24-13-11-9-7-5-2/h12,14,16-17,19-20,36H,4-11,13,15,18,21-35H2,1-3H3,(H,41,42)/b14-12-,17-16-,20-19-. The predicted molar refractivity (Wildman–Crippen MR) is 193 cm³/mol. The Labute approximate surface area is 287 Å². The van der Waals surface area contributed by atoms with E-state index >= 15 is 0 Å². The van der Waals surface area contributed by atoms with Crippen molar-refractivity contribution in [1.29, 1.82) is 0 Å². The molecule has 47 heavy (non-hydrogen) atoms. The summed E-state index contributed by atoms with van der Waals surface area (Å²) < 4.78 is 31.8.